The van der Waals surface area contributed by atoms with Gasteiger partial charge in [-0.1, -0.05) is 32.9 Å². The van der Waals surface area contributed by atoms with Gasteiger partial charge in [-0.2, -0.15) is 0 Å². The van der Waals surface area contributed by atoms with E-state index in [4.69, 9.17) is 4.74 Å². The molecule has 0 aromatic heterocycles. The number of methoxy groups -OCH3 is 1. The van der Waals surface area contributed by atoms with E-state index in [9.17, 15) is 16.8 Å². The second kappa shape index (κ2) is 5.84. The van der Waals surface area contributed by atoms with Gasteiger partial charge < -0.3 is 4.74 Å². The van der Waals surface area contributed by atoms with E-state index in [-0.39, 0.29) is 33.3 Å². The second-order valence-electron chi connectivity index (χ2n) is 6.65. The third-order valence-electron chi connectivity index (χ3n) is 4.61. The molecule has 0 heterocycles. The van der Waals surface area contributed by atoms with Crippen molar-refractivity contribution < 1.29 is 21.6 Å². The number of hydrogen-bond acceptors (Lipinski definition) is 5. The van der Waals surface area contributed by atoms with Crippen molar-refractivity contribution in [2.24, 2.45) is 11.3 Å². The lowest BCUT2D eigenvalue weighted by atomic mass is 9.58. The number of nitrogens with one attached hydrogen (secondary N) is 1. The minimum Gasteiger partial charge on any atom is -0.380 e. The highest BCUT2D eigenvalue weighted by atomic mass is 32.2. The fraction of sp³-hybridized carbons (Fsp3) is 0.600. The number of sulfone groups is 1. The summed E-state index contributed by atoms with van der Waals surface area (Å²) >= 11 is 0. The molecule has 1 aliphatic carbocycles. The van der Waals surface area contributed by atoms with Crippen LogP contribution >= 0.6 is 0 Å². The van der Waals surface area contributed by atoms with Crippen LogP contribution in [0.2, 0.25) is 0 Å². The molecule has 2 rings (SSSR count). The summed E-state index contributed by atoms with van der Waals surface area (Å²) in [4.78, 5) is -0.410. The van der Waals surface area contributed by atoms with Crippen LogP contribution in [0.1, 0.15) is 20.8 Å². The predicted octanol–water partition coefficient (Wildman–Crippen LogP) is 1.43. The fourth-order valence-corrected chi connectivity index (χ4v) is 6.69. The topological polar surface area (TPSA) is 89.5 Å². The van der Waals surface area contributed by atoms with Gasteiger partial charge >= 0.3 is 0 Å². The van der Waals surface area contributed by atoms with E-state index in [1.165, 1.54) is 24.3 Å². The lowest BCUT2D eigenvalue weighted by Gasteiger charge is -2.56. The third kappa shape index (κ3) is 3.17. The molecule has 0 spiro atoms. The molecule has 0 aliphatic heterocycles. The van der Waals surface area contributed by atoms with E-state index in [1.807, 2.05) is 20.8 Å². The molecule has 0 radical (unpaired) electrons. The van der Waals surface area contributed by atoms with Crippen LogP contribution in [0.25, 0.3) is 0 Å². The van der Waals surface area contributed by atoms with Gasteiger partial charge in [0.15, 0.2) is 9.84 Å². The lowest BCUT2D eigenvalue weighted by molar-refractivity contribution is -0.138. The van der Waals surface area contributed by atoms with Crippen LogP contribution in [-0.4, -0.2) is 42.3 Å². The van der Waals surface area contributed by atoms with Gasteiger partial charge in [0, 0.05) is 24.8 Å². The first-order valence-electron chi connectivity index (χ1n) is 7.27. The predicted molar refractivity (Wildman–Crippen MR) is 87.4 cm³/mol. The monoisotopic (exact) mass is 361 g/mol. The fourth-order valence-electron chi connectivity index (χ4n) is 3.58. The van der Waals surface area contributed by atoms with Gasteiger partial charge in [0.1, 0.15) is 4.90 Å². The SMILES string of the molecule is CO[C@@H]1[C@H](C)[C@@H](NS(=O)(=O)c2ccccc2S(C)(=O)=O)C1(C)C. The molecule has 8 heteroatoms. The molecule has 0 saturated heterocycles. The van der Waals surface area contributed by atoms with Gasteiger partial charge in [0.2, 0.25) is 10.0 Å². The average Bonchev–Trinajstić information content (AvgIpc) is 2.44. The summed E-state index contributed by atoms with van der Waals surface area (Å²) < 4.78 is 57.2. The summed E-state index contributed by atoms with van der Waals surface area (Å²) in [5.41, 5.74) is -0.374. The molecule has 1 aromatic carbocycles. The van der Waals surface area contributed by atoms with Crippen molar-refractivity contribution in [3.8, 4) is 0 Å². The first-order valence-corrected chi connectivity index (χ1v) is 10.6. The number of rotatable bonds is 5. The van der Waals surface area contributed by atoms with Crippen molar-refractivity contribution >= 4 is 19.9 Å². The van der Waals surface area contributed by atoms with E-state index in [0.717, 1.165) is 6.26 Å². The Hall–Kier alpha value is -0.960. The Labute approximate surface area is 138 Å². The van der Waals surface area contributed by atoms with Crippen LogP contribution in [-0.2, 0) is 24.6 Å². The molecule has 3 atom stereocenters. The molecule has 1 aliphatic rings. The second-order valence-corrected chi connectivity index (χ2v) is 10.3. The van der Waals surface area contributed by atoms with Gasteiger partial charge in [-0.25, -0.2) is 21.6 Å². The number of sulfonamides is 1. The van der Waals surface area contributed by atoms with E-state index < -0.39 is 19.9 Å². The molecular formula is C15H23NO5S2. The van der Waals surface area contributed by atoms with Crippen molar-refractivity contribution in [2.45, 2.75) is 42.7 Å². The maximum Gasteiger partial charge on any atom is 0.242 e. The average molecular weight is 361 g/mol. The third-order valence-corrected chi connectivity index (χ3v) is 7.40. The van der Waals surface area contributed by atoms with Crippen molar-refractivity contribution in [3.63, 3.8) is 0 Å². The van der Waals surface area contributed by atoms with E-state index in [1.54, 1.807) is 7.11 Å². The van der Waals surface area contributed by atoms with Crippen LogP contribution in [0.5, 0.6) is 0 Å². The molecule has 0 unspecified atom stereocenters. The maximum absolute atomic E-state index is 12.7. The normalized spacial score (nSPS) is 27.4. The van der Waals surface area contributed by atoms with Crippen molar-refractivity contribution in [1.29, 1.82) is 0 Å². The summed E-state index contributed by atoms with van der Waals surface area (Å²) in [5.74, 6) is -0.00447. The van der Waals surface area contributed by atoms with Gasteiger partial charge in [-0.3, -0.25) is 0 Å². The van der Waals surface area contributed by atoms with E-state index >= 15 is 0 Å². The van der Waals surface area contributed by atoms with Crippen LogP contribution in [0.4, 0.5) is 0 Å². The zero-order valence-electron chi connectivity index (χ0n) is 13.9. The lowest BCUT2D eigenvalue weighted by Crippen LogP contribution is -2.67. The molecule has 130 valence electrons. The molecule has 6 nitrogen and oxygen atoms in total. The molecule has 1 saturated carbocycles. The molecule has 0 amide bonds. The number of hydrogen-bond donors (Lipinski definition) is 1. The molecule has 0 bridgehead atoms. The summed E-state index contributed by atoms with van der Waals surface area (Å²) in [5, 5.41) is 0. The Morgan fingerprint density at radius 1 is 1.09 bits per heavy atom. The summed E-state index contributed by atoms with van der Waals surface area (Å²) in [6.07, 6.45) is 0.943. The molecule has 1 aromatic rings. The van der Waals surface area contributed by atoms with Crippen LogP contribution in [0, 0.1) is 11.3 Å². The summed E-state index contributed by atoms with van der Waals surface area (Å²) in [6, 6.07) is 5.30. The largest absolute Gasteiger partial charge is 0.380 e. The van der Waals surface area contributed by atoms with Crippen molar-refractivity contribution in [2.75, 3.05) is 13.4 Å². The Bertz CT molecular complexity index is 799. The summed E-state index contributed by atoms with van der Waals surface area (Å²) in [7, 11) is -5.99. The highest BCUT2D eigenvalue weighted by molar-refractivity contribution is 7.93. The smallest absolute Gasteiger partial charge is 0.242 e. The zero-order chi connectivity index (χ0) is 17.6. The number of ether oxygens (including phenoxy) is 1. The standard InChI is InChI=1S/C15H23NO5S2/c1-10-13(15(2,3)14(10)21-4)16-23(19,20)12-9-7-6-8-11(12)22(5,17)18/h6-10,13-14,16H,1-5H3/t10-,13-,14-/m1/s1. The van der Waals surface area contributed by atoms with Gasteiger partial charge in [0.05, 0.1) is 11.0 Å². The quantitative estimate of drug-likeness (QED) is 0.857. The van der Waals surface area contributed by atoms with Gasteiger partial charge in [-0.05, 0) is 18.1 Å². The Balaban J connectivity index is 2.39. The molecular weight excluding hydrogens is 338 g/mol. The van der Waals surface area contributed by atoms with Gasteiger partial charge in [0.25, 0.3) is 0 Å². The van der Waals surface area contributed by atoms with E-state index in [2.05, 4.69) is 4.72 Å². The molecule has 23 heavy (non-hydrogen) atoms. The Morgan fingerprint density at radius 2 is 1.61 bits per heavy atom. The Morgan fingerprint density at radius 3 is 2.04 bits per heavy atom. The minimum absolute atomic E-state index is 0.00447. The Kier molecular flexibility index (Phi) is 4.67. The zero-order valence-corrected chi connectivity index (χ0v) is 15.5. The maximum atomic E-state index is 12.7. The highest BCUT2D eigenvalue weighted by Crippen LogP contribution is 2.47. The van der Waals surface area contributed by atoms with Crippen LogP contribution in [0.15, 0.2) is 34.1 Å². The highest BCUT2D eigenvalue weighted by Gasteiger charge is 2.56. The van der Waals surface area contributed by atoms with Crippen LogP contribution in [0.3, 0.4) is 0 Å². The van der Waals surface area contributed by atoms with Gasteiger partial charge in [-0.15, -0.1) is 0 Å². The minimum atomic E-state index is -3.95. The van der Waals surface area contributed by atoms with Crippen LogP contribution < -0.4 is 4.72 Å². The number of benzene rings is 1. The van der Waals surface area contributed by atoms with Crippen molar-refractivity contribution in [3.05, 3.63) is 24.3 Å². The molecule has 1 N–H and O–H groups in total. The van der Waals surface area contributed by atoms with E-state index in [0.29, 0.717) is 0 Å². The van der Waals surface area contributed by atoms with Crippen molar-refractivity contribution in [1.82, 2.24) is 4.72 Å². The first-order chi connectivity index (χ1) is 10.4. The summed E-state index contributed by atoms with van der Waals surface area (Å²) in [6.45, 7) is 5.77. The molecule has 1 fully saturated rings. The first kappa shape index (κ1) is 18.4.